The van der Waals surface area contributed by atoms with Gasteiger partial charge < -0.3 is 19.7 Å². The smallest absolute Gasteiger partial charge is 0.234 e. The number of benzene rings is 1. The quantitative estimate of drug-likeness (QED) is 0.861. The fourth-order valence-electron chi connectivity index (χ4n) is 1.57. The Morgan fingerprint density at radius 3 is 2.75 bits per heavy atom. The van der Waals surface area contributed by atoms with Crippen molar-refractivity contribution >= 4 is 39.9 Å². The molecule has 7 heteroatoms. The van der Waals surface area contributed by atoms with Gasteiger partial charge in [-0.25, -0.2) is 0 Å². The summed E-state index contributed by atoms with van der Waals surface area (Å²) in [5, 5.41) is 2.81. The summed E-state index contributed by atoms with van der Waals surface area (Å²) < 4.78 is 11.6. The summed E-state index contributed by atoms with van der Waals surface area (Å²) in [7, 11) is 3.71. The van der Waals surface area contributed by atoms with Crippen LogP contribution in [0.4, 0.5) is 5.69 Å². The molecule has 1 aromatic rings. The van der Waals surface area contributed by atoms with Crippen molar-refractivity contribution in [2.24, 2.45) is 0 Å². The Labute approximate surface area is 127 Å². The zero-order chi connectivity index (χ0) is 14.5. The van der Waals surface area contributed by atoms with Crippen molar-refractivity contribution in [1.82, 2.24) is 4.90 Å². The monoisotopic (exact) mass is 312 g/mol. The van der Waals surface area contributed by atoms with E-state index in [4.69, 9.17) is 21.7 Å². The van der Waals surface area contributed by atoms with Gasteiger partial charge in [-0.3, -0.25) is 4.79 Å². The highest BCUT2D eigenvalue weighted by molar-refractivity contribution is 8.23. The van der Waals surface area contributed by atoms with Crippen molar-refractivity contribution in [3.05, 3.63) is 18.2 Å². The molecule has 0 saturated carbocycles. The number of amides is 1. The van der Waals surface area contributed by atoms with E-state index in [0.717, 1.165) is 0 Å². The van der Waals surface area contributed by atoms with Crippen LogP contribution in [0.5, 0.6) is 11.5 Å². The number of nitrogens with one attached hydrogen (secondary N) is 1. The van der Waals surface area contributed by atoms with Gasteiger partial charge >= 0.3 is 0 Å². The predicted molar refractivity (Wildman–Crippen MR) is 84.8 cm³/mol. The lowest BCUT2D eigenvalue weighted by Gasteiger charge is -2.19. The molecule has 0 fully saturated rings. The van der Waals surface area contributed by atoms with Crippen LogP contribution in [0.25, 0.3) is 0 Å². The predicted octanol–water partition coefficient (Wildman–Crippen LogP) is 1.98. The Kier molecular flexibility index (Phi) is 5.08. The Hall–Kier alpha value is -1.47. The number of thioether (sulfide) groups is 1. The third-order valence-electron chi connectivity index (χ3n) is 2.52. The molecule has 0 unspecified atom stereocenters. The summed E-state index contributed by atoms with van der Waals surface area (Å²) >= 11 is 6.44. The van der Waals surface area contributed by atoms with Gasteiger partial charge in [-0.15, -0.1) is 0 Å². The molecule has 1 aliphatic heterocycles. The Bertz CT molecular complexity index is 520. The van der Waals surface area contributed by atoms with Gasteiger partial charge in [0.15, 0.2) is 11.5 Å². The summed E-state index contributed by atoms with van der Waals surface area (Å²) in [4.78, 5) is 13.6. The molecule has 0 saturated heterocycles. The van der Waals surface area contributed by atoms with E-state index in [0.29, 0.717) is 34.7 Å². The molecule has 2 rings (SSSR count). The summed E-state index contributed by atoms with van der Waals surface area (Å²) in [5.41, 5.74) is 0.690. The van der Waals surface area contributed by atoms with Crippen LogP contribution in [-0.4, -0.2) is 48.2 Å². The number of hydrogen-bond donors (Lipinski definition) is 1. The molecule has 1 aliphatic rings. The zero-order valence-electron chi connectivity index (χ0n) is 11.3. The maximum Gasteiger partial charge on any atom is 0.234 e. The van der Waals surface area contributed by atoms with Crippen LogP contribution in [0.15, 0.2) is 18.2 Å². The first-order valence-electron chi connectivity index (χ1n) is 6.10. The lowest BCUT2D eigenvalue weighted by molar-refractivity contribution is -0.113. The number of carbonyl (C=O) groups excluding carboxylic acids is 1. The van der Waals surface area contributed by atoms with Crippen LogP contribution in [0.2, 0.25) is 0 Å². The highest BCUT2D eigenvalue weighted by atomic mass is 32.2. The van der Waals surface area contributed by atoms with Gasteiger partial charge in [-0.05, 0) is 12.1 Å². The van der Waals surface area contributed by atoms with Gasteiger partial charge in [0.25, 0.3) is 0 Å². The van der Waals surface area contributed by atoms with E-state index in [-0.39, 0.29) is 11.7 Å². The van der Waals surface area contributed by atoms with E-state index in [2.05, 4.69) is 5.32 Å². The van der Waals surface area contributed by atoms with Gasteiger partial charge in [-0.2, -0.15) is 0 Å². The van der Waals surface area contributed by atoms with Crippen molar-refractivity contribution in [3.63, 3.8) is 0 Å². The van der Waals surface area contributed by atoms with Gasteiger partial charge in [-0.1, -0.05) is 24.0 Å². The molecule has 1 amide bonds. The minimum Gasteiger partial charge on any atom is -0.486 e. The van der Waals surface area contributed by atoms with Gasteiger partial charge in [0.05, 0.1) is 5.75 Å². The molecule has 20 heavy (non-hydrogen) atoms. The number of thiocarbonyl (C=S) groups is 1. The highest BCUT2D eigenvalue weighted by Gasteiger charge is 2.13. The summed E-state index contributed by atoms with van der Waals surface area (Å²) in [6.45, 7) is 1.08. The zero-order valence-corrected chi connectivity index (χ0v) is 13.0. The van der Waals surface area contributed by atoms with Crippen LogP contribution in [0, 0.1) is 0 Å². The van der Waals surface area contributed by atoms with Crippen molar-refractivity contribution in [3.8, 4) is 11.5 Å². The number of carbonyl (C=O) groups is 1. The van der Waals surface area contributed by atoms with E-state index < -0.39 is 0 Å². The fraction of sp³-hybridized carbons (Fsp3) is 0.385. The third kappa shape index (κ3) is 4.01. The molecule has 0 bridgehead atoms. The molecule has 1 heterocycles. The second-order valence-electron chi connectivity index (χ2n) is 4.36. The van der Waals surface area contributed by atoms with E-state index >= 15 is 0 Å². The van der Waals surface area contributed by atoms with Crippen LogP contribution in [0.1, 0.15) is 0 Å². The lowest BCUT2D eigenvalue weighted by atomic mass is 10.2. The summed E-state index contributed by atoms with van der Waals surface area (Å²) in [6, 6.07) is 5.35. The Morgan fingerprint density at radius 2 is 2.05 bits per heavy atom. The first kappa shape index (κ1) is 14.9. The molecule has 1 N–H and O–H groups in total. The maximum atomic E-state index is 11.8. The van der Waals surface area contributed by atoms with Gasteiger partial charge in [0.1, 0.15) is 17.5 Å². The molecular weight excluding hydrogens is 296 g/mol. The van der Waals surface area contributed by atoms with E-state index in [1.54, 1.807) is 23.1 Å². The van der Waals surface area contributed by atoms with Crippen molar-refractivity contribution in [2.45, 2.75) is 0 Å². The Balaban J connectivity index is 1.89. The number of ether oxygens (including phenoxy) is 2. The van der Waals surface area contributed by atoms with E-state index in [1.807, 2.05) is 14.1 Å². The molecule has 0 radical (unpaired) electrons. The number of anilines is 1. The standard InChI is InChI=1S/C13H16N2O3S2/c1-15(2)13(19)20-8-12(16)14-9-3-4-10-11(7-9)18-6-5-17-10/h3-4,7H,5-6,8H2,1-2H3,(H,14,16). The number of fused-ring (bicyclic) bond motifs is 1. The normalized spacial score (nSPS) is 12.7. The molecule has 0 aromatic heterocycles. The van der Waals surface area contributed by atoms with Crippen molar-refractivity contribution in [1.29, 1.82) is 0 Å². The van der Waals surface area contributed by atoms with Crippen molar-refractivity contribution < 1.29 is 14.3 Å². The molecule has 0 spiro atoms. The van der Waals surface area contributed by atoms with Crippen LogP contribution in [-0.2, 0) is 4.79 Å². The SMILES string of the molecule is CN(C)C(=S)SCC(=O)Nc1ccc2c(c1)OCCO2. The summed E-state index contributed by atoms with van der Waals surface area (Å²) in [6.07, 6.45) is 0. The maximum absolute atomic E-state index is 11.8. The fourth-order valence-corrected chi connectivity index (χ4v) is 2.34. The second-order valence-corrected chi connectivity index (χ2v) is 5.96. The molecular formula is C13H16N2O3S2. The number of hydrogen-bond acceptors (Lipinski definition) is 5. The second kappa shape index (κ2) is 6.81. The number of rotatable bonds is 3. The number of nitrogens with zero attached hydrogens (tertiary/aromatic N) is 1. The molecule has 108 valence electrons. The average molecular weight is 312 g/mol. The lowest BCUT2D eigenvalue weighted by Crippen LogP contribution is -2.21. The molecule has 5 nitrogen and oxygen atoms in total. The van der Waals surface area contributed by atoms with Crippen molar-refractivity contribution in [2.75, 3.05) is 38.4 Å². The minimum absolute atomic E-state index is 0.101. The third-order valence-corrected chi connectivity index (χ3v) is 4.26. The highest BCUT2D eigenvalue weighted by Crippen LogP contribution is 2.32. The van der Waals surface area contributed by atoms with E-state index in [1.165, 1.54) is 11.8 Å². The van der Waals surface area contributed by atoms with Crippen LogP contribution >= 0.6 is 24.0 Å². The first-order chi connectivity index (χ1) is 9.56. The first-order valence-corrected chi connectivity index (χ1v) is 7.49. The van der Waals surface area contributed by atoms with Crippen LogP contribution < -0.4 is 14.8 Å². The average Bonchev–Trinajstić information content (AvgIpc) is 2.44. The Morgan fingerprint density at radius 1 is 1.35 bits per heavy atom. The summed E-state index contributed by atoms with van der Waals surface area (Å²) in [5.74, 6) is 1.55. The molecule has 0 atom stereocenters. The molecule has 0 aliphatic carbocycles. The largest absolute Gasteiger partial charge is 0.486 e. The minimum atomic E-state index is -0.101. The van der Waals surface area contributed by atoms with E-state index in [9.17, 15) is 4.79 Å². The topological polar surface area (TPSA) is 50.8 Å². The van der Waals surface area contributed by atoms with Gasteiger partial charge in [0.2, 0.25) is 5.91 Å². The van der Waals surface area contributed by atoms with Gasteiger partial charge in [0, 0.05) is 25.8 Å². The van der Waals surface area contributed by atoms with Crippen LogP contribution in [0.3, 0.4) is 0 Å². The molecule has 1 aromatic carbocycles.